The fourth-order valence-electron chi connectivity index (χ4n) is 1.44. The van der Waals surface area contributed by atoms with Crippen LogP contribution in [0.25, 0.3) is 0 Å². The van der Waals surface area contributed by atoms with Crippen LogP contribution in [0.5, 0.6) is 0 Å². The van der Waals surface area contributed by atoms with Crippen molar-refractivity contribution in [1.29, 1.82) is 0 Å². The molecule has 0 bridgehead atoms. The third-order valence-electron chi connectivity index (χ3n) is 2.32. The zero-order valence-corrected chi connectivity index (χ0v) is 11.7. The number of carbonyl (C=O) groups is 1. The number of nitrogen functional groups attached to an aromatic ring is 1. The molecular weight excluding hydrogens is 284 g/mol. The first-order valence-corrected chi connectivity index (χ1v) is 6.57. The lowest BCUT2D eigenvalue weighted by atomic mass is 10.2. The predicted octanol–water partition coefficient (Wildman–Crippen LogP) is 3.26. The molecule has 98 valence electrons. The lowest BCUT2D eigenvalue weighted by Crippen LogP contribution is -2.04. The van der Waals surface area contributed by atoms with Gasteiger partial charge in [0, 0.05) is 16.8 Å². The van der Waals surface area contributed by atoms with E-state index in [9.17, 15) is 4.79 Å². The van der Waals surface area contributed by atoms with Crippen molar-refractivity contribution in [2.24, 2.45) is 0 Å². The maximum absolute atomic E-state index is 11.7. The summed E-state index contributed by atoms with van der Waals surface area (Å²) in [5, 5.41) is 1.30. The molecule has 1 heterocycles. The summed E-state index contributed by atoms with van der Waals surface area (Å²) in [6.07, 6.45) is 1.55. The normalized spacial score (nSPS) is 10.2. The van der Waals surface area contributed by atoms with Crippen molar-refractivity contribution in [3.8, 4) is 0 Å². The van der Waals surface area contributed by atoms with E-state index in [1.807, 2.05) is 0 Å². The van der Waals surface area contributed by atoms with Gasteiger partial charge in [-0.25, -0.2) is 9.78 Å². The number of rotatable bonds is 3. The van der Waals surface area contributed by atoms with Gasteiger partial charge >= 0.3 is 5.97 Å². The summed E-state index contributed by atoms with van der Waals surface area (Å²) < 4.78 is 4.74. The third-order valence-corrected chi connectivity index (χ3v) is 3.57. The molecule has 2 N–H and O–H groups in total. The van der Waals surface area contributed by atoms with Crippen molar-refractivity contribution in [3.05, 3.63) is 47.1 Å². The highest BCUT2D eigenvalue weighted by molar-refractivity contribution is 7.99. The summed E-state index contributed by atoms with van der Waals surface area (Å²) in [4.78, 5) is 16.6. The maximum Gasteiger partial charge on any atom is 0.339 e. The summed E-state index contributed by atoms with van der Waals surface area (Å²) >= 11 is 7.13. The van der Waals surface area contributed by atoms with E-state index < -0.39 is 5.97 Å². The Morgan fingerprint density at radius 2 is 2.16 bits per heavy atom. The molecule has 0 amide bonds. The average molecular weight is 295 g/mol. The van der Waals surface area contributed by atoms with Crippen molar-refractivity contribution in [2.45, 2.75) is 9.92 Å². The number of pyridine rings is 1. The molecule has 0 atom stereocenters. The van der Waals surface area contributed by atoms with E-state index in [-0.39, 0.29) is 0 Å². The van der Waals surface area contributed by atoms with E-state index in [1.165, 1.54) is 18.9 Å². The molecule has 4 nitrogen and oxygen atoms in total. The van der Waals surface area contributed by atoms with Crippen molar-refractivity contribution in [2.75, 3.05) is 12.8 Å². The number of benzene rings is 1. The van der Waals surface area contributed by atoms with Crippen molar-refractivity contribution in [1.82, 2.24) is 4.98 Å². The molecule has 0 aliphatic carbocycles. The molecule has 0 aliphatic rings. The topological polar surface area (TPSA) is 65.2 Å². The first-order valence-electron chi connectivity index (χ1n) is 5.37. The highest BCUT2D eigenvalue weighted by Gasteiger charge is 2.13. The summed E-state index contributed by atoms with van der Waals surface area (Å²) in [6.45, 7) is 0. The van der Waals surface area contributed by atoms with Gasteiger partial charge < -0.3 is 10.5 Å². The second kappa shape index (κ2) is 5.95. The Kier molecular flexibility index (Phi) is 4.29. The monoisotopic (exact) mass is 294 g/mol. The van der Waals surface area contributed by atoms with E-state index in [0.29, 0.717) is 16.3 Å². The summed E-state index contributed by atoms with van der Waals surface area (Å²) in [5.41, 5.74) is 6.61. The molecule has 0 aliphatic heterocycles. The SMILES string of the molecule is COC(=O)c1cc(N)ccc1Sc1ccc(Cl)cn1. The smallest absolute Gasteiger partial charge is 0.339 e. The lowest BCUT2D eigenvalue weighted by Gasteiger charge is -2.08. The number of methoxy groups -OCH3 is 1. The van der Waals surface area contributed by atoms with Crippen molar-refractivity contribution < 1.29 is 9.53 Å². The van der Waals surface area contributed by atoms with Crippen LogP contribution in [0, 0.1) is 0 Å². The van der Waals surface area contributed by atoms with Crippen LogP contribution in [0.4, 0.5) is 5.69 Å². The van der Waals surface area contributed by atoms with Crippen LogP contribution in [0.15, 0.2) is 46.5 Å². The number of ether oxygens (including phenoxy) is 1. The number of anilines is 1. The van der Waals surface area contributed by atoms with Crippen LogP contribution in [0.2, 0.25) is 5.02 Å². The Labute approximate surface area is 119 Å². The van der Waals surface area contributed by atoms with Gasteiger partial charge in [-0.1, -0.05) is 23.4 Å². The van der Waals surface area contributed by atoms with Crippen LogP contribution >= 0.6 is 23.4 Å². The Morgan fingerprint density at radius 1 is 1.37 bits per heavy atom. The second-order valence-electron chi connectivity index (χ2n) is 3.66. The number of nitrogens with zero attached hydrogens (tertiary/aromatic N) is 1. The lowest BCUT2D eigenvalue weighted by molar-refractivity contribution is 0.0597. The highest BCUT2D eigenvalue weighted by atomic mass is 35.5. The van der Waals surface area contributed by atoms with Gasteiger partial charge in [0.2, 0.25) is 0 Å². The number of hydrogen-bond donors (Lipinski definition) is 1. The largest absolute Gasteiger partial charge is 0.465 e. The third kappa shape index (κ3) is 3.39. The van der Waals surface area contributed by atoms with E-state index in [2.05, 4.69) is 4.98 Å². The van der Waals surface area contributed by atoms with Crippen molar-refractivity contribution >= 4 is 35.0 Å². The fraction of sp³-hybridized carbons (Fsp3) is 0.0769. The van der Waals surface area contributed by atoms with E-state index in [1.54, 1.807) is 36.5 Å². The molecule has 0 radical (unpaired) electrons. The Balaban J connectivity index is 2.34. The molecule has 0 unspecified atom stereocenters. The first-order chi connectivity index (χ1) is 9.10. The minimum atomic E-state index is -0.427. The predicted molar refractivity (Wildman–Crippen MR) is 75.6 cm³/mol. The Morgan fingerprint density at radius 3 is 2.79 bits per heavy atom. The molecule has 2 rings (SSSR count). The van der Waals surface area contributed by atoms with Gasteiger partial charge in [0.15, 0.2) is 0 Å². The van der Waals surface area contributed by atoms with Crippen LogP contribution in [-0.2, 0) is 4.74 Å². The van der Waals surface area contributed by atoms with E-state index in [4.69, 9.17) is 22.1 Å². The minimum absolute atomic E-state index is 0.421. The molecule has 0 fully saturated rings. The van der Waals surface area contributed by atoms with Gasteiger partial charge in [-0.15, -0.1) is 0 Å². The van der Waals surface area contributed by atoms with E-state index >= 15 is 0 Å². The van der Waals surface area contributed by atoms with E-state index in [0.717, 1.165) is 9.92 Å². The Hall–Kier alpha value is -1.72. The Bertz CT molecular complexity index is 602. The molecule has 0 saturated carbocycles. The first kappa shape index (κ1) is 13.7. The van der Waals surface area contributed by atoms with Crippen LogP contribution in [-0.4, -0.2) is 18.1 Å². The van der Waals surface area contributed by atoms with Crippen LogP contribution in [0.1, 0.15) is 10.4 Å². The molecule has 0 saturated heterocycles. The number of hydrogen-bond acceptors (Lipinski definition) is 5. The van der Waals surface area contributed by atoms with Crippen LogP contribution < -0.4 is 5.73 Å². The molecule has 0 spiro atoms. The van der Waals surface area contributed by atoms with Crippen molar-refractivity contribution in [3.63, 3.8) is 0 Å². The molecule has 19 heavy (non-hydrogen) atoms. The number of aromatic nitrogens is 1. The van der Waals surface area contributed by atoms with Gasteiger partial charge in [0.25, 0.3) is 0 Å². The van der Waals surface area contributed by atoms with Gasteiger partial charge in [0.05, 0.1) is 17.7 Å². The molecule has 1 aromatic heterocycles. The minimum Gasteiger partial charge on any atom is -0.465 e. The van der Waals surface area contributed by atoms with Gasteiger partial charge in [-0.05, 0) is 30.3 Å². The van der Waals surface area contributed by atoms with Gasteiger partial charge in [0.1, 0.15) is 5.03 Å². The zero-order valence-electron chi connectivity index (χ0n) is 10.1. The summed E-state index contributed by atoms with van der Waals surface area (Å²) in [6, 6.07) is 8.60. The quantitative estimate of drug-likeness (QED) is 0.695. The number of nitrogens with two attached hydrogens (primary N) is 1. The summed E-state index contributed by atoms with van der Waals surface area (Å²) in [7, 11) is 1.33. The molecule has 2 aromatic rings. The number of carbonyl (C=O) groups excluding carboxylic acids is 1. The fourth-order valence-corrected chi connectivity index (χ4v) is 2.41. The maximum atomic E-state index is 11.7. The summed E-state index contributed by atoms with van der Waals surface area (Å²) in [5.74, 6) is -0.427. The average Bonchev–Trinajstić information content (AvgIpc) is 2.42. The van der Waals surface area contributed by atoms with Gasteiger partial charge in [-0.3, -0.25) is 0 Å². The van der Waals surface area contributed by atoms with Gasteiger partial charge in [-0.2, -0.15) is 0 Å². The number of halogens is 1. The number of esters is 1. The second-order valence-corrected chi connectivity index (χ2v) is 5.16. The molecule has 6 heteroatoms. The van der Waals surface area contributed by atoms with Crippen LogP contribution in [0.3, 0.4) is 0 Å². The standard InChI is InChI=1S/C13H11ClN2O2S/c1-18-13(17)10-6-9(15)3-4-11(10)19-12-5-2-8(14)7-16-12/h2-7H,15H2,1H3. The molecule has 1 aromatic carbocycles. The highest BCUT2D eigenvalue weighted by Crippen LogP contribution is 2.31. The zero-order chi connectivity index (χ0) is 13.8. The molecular formula is C13H11ClN2O2S.